The van der Waals surface area contributed by atoms with Crippen LogP contribution < -0.4 is 11.5 Å². The number of halogens is 1. The second-order valence-electron chi connectivity index (χ2n) is 3.39. The molecular weight excluding hydrogens is 276 g/mol. The molecule has 0 fully saturated rings. The van der Waals surface area contributed by atoms with E-state index in [0.29, 0.717) is 12.6 Å². The van der Waals surface area contributed by atoms with Crippen molar-refractivity contribution in [1.29, 1.82) is 0 Å². The number of hydrogen-bond acceptors (Lipinski definition) is 4. The van der Waals surface area contributed by atoms with E-state index in [1.54, 1.807) is 0 Å². The quantitative estimate of drug-likeness (QED) is 0.506. The van der Waals surface area contributed by atoms with Crippen LogP contribution in [-0.2, 0) is 9.59 Å². The fourth-order valence-corrected chi connectivity index (χ4v) is 0.945. The molecule has 0 radical (unpaired) electrons. The van der Waals surface area contributed by atoms with Crippen LogP contribution in [0.3, 0.4) is 0 Å². The van der Waals surface area contributed by atoms with Crippen LogP contribution in [0.2, 0.25) is 0 Å². The lowest BCUT2D eigenvalue weighted by Crippen LogP contribution is -1.79. The Labute approximate surface area is 125 Å². The number of para-hydroxylation sites is 2. The van der Waals surface area contributed by atoms with Gasteiger partial charge in [-0.15, -0.1) is 12.4 Å². The summed E-state index contributed by atoms with van der Waals surface area (Å²) in [4.78, 5) is 18.3. The average Bonchev–Trinajstić information content (AvgIpc) is 2.43. The van der Waals surface area contributed by atoms with Crippen molar-refractivity contribution < 1.29 is 9.59 Å². The fraction of sp³-hybridized carbons (Fsp3) is 0.0667. The van der Waals surface area contributed by atoms with E-state index in [9.17, 15) is 9.59 Å². The molecule has 0 aliphatic rings. The summed E-state index contributed by atoms with van der Waals surface area (Å²) in [7, 11) is 0. The maximum atomic E-state index is 9.17. The summed E-state index contributed by atoms with van der Waals surface area (Å²) in [5, 5.41) is 0. The molecule has 0 spiro atoms. The highest BCUT2D eigenvalue weighted by atomic mass is 35.5. The zero-order valence-electron chi connectivity index (χ0n) is 11.0. The Bertz CT molecular complexity index is 406. The molecule has 0 aromatic heterocycles. The van der Waals surface area contributed by atoms with Crippen LogP contribution in [0, 0.1) is 0 Å². The van der Waals surface area contributed by atoms with Crippen LogP contribution in [-0.4, -0.2) is 12.6 Å². The zero-order valence-corrected chi connectivity index (χ0v) is 11.8. The molecule has 0 heterocycles. The predicted molar refractivity (Wildman–Crippen MR) is 85.7 cm³/mol. The summed E-state index contributed by atoms with van der Waals surface area (Å²) in [5.41, 5.74) is 12.4. The SMILES string of the molecule is Cl.Nc1ccccc1.Nc1ccccc1.O=CCC=O. The maximum Gasteiger partial charge on any atom is 0.127 e. The minimum Gasteiger partial charge on any atom is -0.399 e. The number of rotatable bonds is 2. The Morgan fingerprint density at radius 3 is 1.10 bits per heavy atom. The Morgan fingerprint density at radius 1 is 0.700 bits per heavy atom. The van der Waals surface area contributed by atoms with E-state index < -0.39 is 0 Å². The van der Waals surface area contributed by atoms with Gasteiger partial charge in [-0.05, 0) is 24.3 Å². The molecule has 108 valence electrons. The second kappa shape index (κ2) is 14.7. The molecule has 5 heteroatoms. The van der Waals surface area contributed by atoms with Gasteiger partial charge in [0.15, 0.2) is 0 Å². The van der Waals surface area contributed by atoms with E-state index in [1.165, 1.54) is 0 Å². The Balaban J connectivity index is 0. The number of anilines is 2. The van der Waals surface area contributed by atoms with E-state index in [0.717, 1.165) is 11.4 Å². The standard InChI is InChI=1S/2C6H7N.C3H4O2.ClH/c2*7-6-4-2-1-3-5-6;4-2-1-3-5;/h2*1-5H,7H2;2-3H,1H2;1H. The number of benzene rings is 2. The third-order valence-corrected chi connectivity index (χ3v) is 1.79. The summed E-state index contributed by atoms with van der Waals surface area (Å²) >= 11 is 0. The maximum absolute atomic E-state index is 9.17. The van der Waals surface area contributed by atoms with Crippen molar-refractivity contribution in [2.45, 2.75) is 6.42 Å². The second-order valence-corrected chi connectivity index (χ2v) is 3.39. The molecular formula is C15H19ClN2O2. The van der Waals surface area contributed by atoms with E-state index in [2.05, 4.69) is 0 Å². The van der Waals surface area contributed by atoms with Crippen LogP contribution in [0.5, 0.6) is 0 Å². The third-order valence-electron chi connectivity index (χ3n) is 1.79. The lowest BCUT2D eigenvalue weighted by Gasteiger charge is -1.83. The van der Waals surface area contributed by atoms with Gasteiger partial charge < -0.3 is 21.1 Å². The number of nitrogen functional groups attached to an aromatic ring is 2. The molecule has 2 aromatic carbocycles. The average molecular weight is 295 g/mol. The molecule has 0 aliphatic heterocycles. The Morgan fingerprint density at radius 2 is 1.00 bits per heavy atom. The van der Waals surface area contributed by atoms with Crippen LogP contribution >= 0.6 is 12.4 Å². The molecule has 4 N–H and O–H groups in total. The van der Waals surface area contributed by atoms with Crippen LogP contribution in [0.25, 0.3) is 0 Å². The largest absolute Gasteiger partial charge is 0.399 e. The van der Waals surface area contributed by atoms with Crippen molar-refractivity contribution in [1.82, 2.24) is 0 Å². The summed E-state index contributed by atoms with van der Waals surface area (Å²) < 4.78 is 0. The van der Waals surface area contributed by atoms with Gasteiger partial charge in [0.25, 0.3) is 0 Å². The van der Waals surface area contributed by atoms with Crippen LogP contribution in [0.4, 0.5) is 11.4 Å². The number of nitrogens with two attached hydrogens (primary N) is 2. The summed E-state index contributed by atoms with van der Waals surface area (Å²) in [6, 6.07) is 19.0. The van der Waals surface area contributed by atoms with Gasteiger partial charge in [0.05, 0.1) is 6.42 Å². The molecule has 0 saturated carbocycles. The van der Waals surface area contributed by atoms with Gasteiger partial charge in [0.1, 0.15) is 12.6 Å². The topological polar surface area (TPSA) is 86.2 Å². The Hall–Kier alpha value is -2.33. The monoisotopic (exact) mass is 294 g/mol. The van der Waals surface area contributed by atoms with Crippen molar-refractivity contribution in [3.05, 3.63) is 60.7 Å². The third kappa shape index (κ3) is 13.7. The molecule has 0 unspecified atom stereocenters. The number of carbonyl (C=O) groups is 2. The van der Waals surface area contributed by atoms with Crippen molar-refractivity contribution >= 4 is 36.4 Å². The van der Waals surface area contributed by atoms with Crippen molar-refractivity contribution in [2.75, 3.05) is 11.5 Å². The molecule has 2 rings (SSSR count). The fourth-order valence-electron chi connectivity index (χ4n) is 0.945. The zero-order chi connectivity index (χ0) is 14.3. The van der Waals surface area contributed by atoms with Crippen molar-refractivity contribution in [2.24, 2.45) is 0 Å². The molecule has 4 nitrogen and oxygen atoms in total. The van der Waals surface area contributed by atoms with Gasteiger partial charge in [-0.2, -0.15) is 0 Å². The lowest BCUT2D eigenvalue weighted by atomic mass is 10.3. The number of carbonyl (C=O) groups excluding carboxylic acids is 2. The van der Waals surface area contributed by atoms with Gasteiger partial charge >= 0.3 is 0 Å². The molecule has 0 amide bonds. The summed E-state index contributed by atoms with van der Waals surface area (Å²) in [6.07, 6.45) is 1.15. The van der Waals surface area contributed by atoms with Gasteiger partial charge in [-0.25, -0.2) is 0 Å². The van der Waals surface area contributed by atoms with E-state index in [1.807, 2.05) is 60.7 Å². The first-order valence-corrected chi connectivity index (χ1v) is 5.69. The highest BCUT2D eigenvalue weighted by Gasteiger charge is 1.73. The Kier molecular flexibility index (Phi) is 14.7. The predicted octanol–water partition coefficient (Wildman–Crippen LogP) is 2.73. The first-order chi connectivity index (χ1) is 9.20. The van der Waals surface area contributed by atoms with Gasteiger partial charge in [0.2, 0.25) is 0 Å². The summed E-state index contributed by atoms with van der Waals surface area (Å²) in [5.74, 6) is 0. The molecule has 2 aromatic rings. The normalized spacial score (nSPS) is 7.60. The van der Waals surface area contributed by atoms with E-state index >= 15 is 0 Å². The van der Waals surface area contributed by atoms with Crippen LogP contribution in [0.15, 0.2) is 60.7 Å². The lowest BCUT2D eigenvalue weighted by molar-refractivity contribution is -0.114. The van der Waals surface area contributed by atoms with E-state index in [-0.39, 0.29) is 18.8 Å². The number of hydrogen-bond donors (Lipinski definition) is 2. The first-order valence-electron chi connectivity index (χ1n) is 5.69. The summed E-state index contributed by atoms with van der Waals surface area (Å²) in [6.45, 7) is 0. The number of aldehydes is 2. The van der Waals surface area contributed by atoms with Crippen LogP contribution in [0.1, 0.15) is 6.42 Å². The van der Waals surface area contributed by atoms with Gasteiger partial charge in [-0.3, -0.25) is 0 Å². The van der Waals surface area contributed by atoms with Crippen molar-refractivity contribution in [3.63, 3.8) is 0 Å². The molecule has 0 bridgehead atoms. The minimum absolute atomic E-state index is 0. The van der Waals surface area contributed by atoms with Gasteiger partial charge in [0, 0.05) is 11.4 Å². The van der Waals surface area contributed by atoms with Gasteiger partial charge in [-0.1, -0.05) is 36.4 Å². The molecule has 0 aliphatic carbocycles. The minimum atomic E-state index is 0. The molecule has 0 atom stereocenters. The first kappa shape index (κ1) is 20.0. The van der Waals surface area contributed by atoms with E-state index in [4.69, 9.17) is 11.5 Å². The highest BCUT2D eigenvalue weighted by molar-refractivity contribution is 5.85. The highest BCUT2D eigenvalue weighted by Crippen LogP contribution is 1.96. The molecule has 0 saturated heterocycles. The smallest absolute Gasteiger partial charge is 0.127 e. The van der Waals surface area contributed by atoms with Crippen molar-refractivity contribution in [3.8, 4) is 0 Å². The molecule has 20 heavy (non-hydrogen) atoms.